The fourth-order valence-electron chi connectivity index (χ4n) is 1.66. The van der Waals surface area contributed by atoms with Gasteiger partial charge in [-0.1, -0.05) is 11.6 Å². The largest absolute Gasteiger partial charge is 0.397 e. The minimum absolute atomic E-state index is 0.0732. The molecule has 20 heavy (non-hydrogen) atoms. The van der Waals surface area contributed by atoms with Crippen LogP contribution in [0.2, 0.25) is 5.02 Å². The van der Waals surface area contributed by atoms with Crippen LogP contribution in [0.5, 0.6) is 0 Å². The number of nitrogens with one attached hydrogen (secondary N) is 1. The number of sulfonamides is 1. The fraction of sp³-hybridized carbons (Fsp3) is 0.250. The molecule has 1 aromatic carbocycles. The van der Waals surface area contributed by atoms with E-state index in [0.717, 1.165) is 0 Å². The molecule has 0 atom stereocenters. The molecule has 0 spiro atoms. The maximum absolute atomic E-state index is 12.4. The third kappa shape index (κ3) is 3.12. The zero-order valence-corrected chi connectivity index (χ0v) is 13.3. The van der Waals surface area contributed by atoms with Gasteiger partial charge >= 0.3 is 0 Å². The molecule has 5 nitrogen and oxygen atoms in total. The minimum atomic E-state index is -3.71. The maximum Gasteiger partial charge on any atom is 0.241 e. The number of anilines is 1. The number of hydrogen-bond donors (Lipinski definition) is 2. The fourth-order valence-corrected chi connectivity index (χ4v) is 3.98. The molecule has 0 radical (unpaired) electrons. The summed E-state index contributed by atoms with van der Waals surface area (Å²) in [6.45, 7) is 3.51. The second kappa shape index (κ2) is 5.33. The average Bonchev–Trinajstić information content (AvgIpc) is 2.85. The van der Waals surface area contributed by atoms with E-state index >= 15 is 0 Å². The molecule has 108 valence electrons. The second-order valence-corrected chi connectivity index (χ2v) is 7.74. The highest BCUT2D eigenvalue weighted by molar-refractivity contribution is 7.89. The molecule has 2 aromatic rings. The van der Waals surface area contributed by atoms with Crippen LogP contribution < -0.4 is 10.5 Å². The van der Waals surface area contributed by atoms with Gasteiger partial charge in [0.25, 0.3) is 0 Å². The summed E-state index contributed by atoms with van der Waals surface area (Å²) in [5.74, 6) is 0. The molecule has 0 fully saturated rings. The van der Waals surface area contributed by atoms with Crippen molar-refractivity contribution in [3.63, 3.8) is 0 Å². The summed E-state index contributed by atoms with van der Waals surface area (Å²) in [6, 6.07) is 4.21. The van der Waals surface area contributed by atoms with Gasteiger partial charge in [-0.2, -0.15) is 4.72 Å². The third-order valence-electron chi connectivity index (χ3n) is 2.63. The Bertz CT molecular complexity index is 712. The maximum atomic E-state index is 12.4. The van der Waals surface area contributed by atoms with E-state index in [1.54, 1.807) is 25.4 Å². The van der Waals surface area contributed by atoms with E-state index in [1.165, 1.54) is 29.5 Å². The number of thiazole rings is 1. The highest BCUT2D eigenvalue weighted by Gasteiger charge is 2.30. The van der Waals surface area contributed by atoms with Crippen molar-refractivity contribution in [3.05, 3.63) is 39.8 Å². The lowest BCUT2D eigenvalue weighted by Crippen LogP contribution is -2.40. The summed E-state index contributed by atoms with van der Waals surface area (Å²) in [6.07, 6.45) is 1.64. The van der Waals surface area contributed by atoms with Crippen LogP contribution in [-0.4, -0.2) is 13.4 Å². The number of aromatic nitrogens is 1. The molecule has 0 saturated heterocycles. The molecular weight excluding hydrogens is 318 g/mol. The Labute approximate surface area is 126 Å². The molecule has 0 aliphatic carbocycles. The Morgan fingerprint density at radius 1 is 1.40 bits per heavy atom. The van der Waals surface area contributed by atoms with Crippen molar-refractivity contribution in [3.8, 4) is 0 Å². The molecule has 3 N–H and O–H groups in total. The standard InChI is InChI=1S/C12H14ClN3O2S2/c1-12(2,11-15-5-6-19-11)16-20(17,18)8-3-4-9(13)10(14)7-8/h3-7,16H,14H2,1-2H3. The minimum Gasteiger partial charge on any atom is -0.397 e. The van der Waals surface area contributed by atoms with E-state index in [2.05, 4.69) is 9.71 Å². The van der Waals surface area contributed by atoms with Gasteiger partial charge in [-0.25, -0.2) is 13.4 Å². The lowest BCUT2D eigenvalue weighted by atomic mass is 10.1. The van der Waals surface area contributed by atoms with E-state index in [-0.39, 0.29) is 10.6 Å². The van der Waals surface area contributed by atoms with E-state index in [9.17, 15) is 8.42 Å². The third-order valence-corrected chi connectivity index (χ3v) is 5.73. The van der Waals surface area contributed by atoms with Crippen LogP contribution in [0, 0.1) is 0 Å². The van der Waals surface area contributed by atoms with Crippen LogP contribution in [0.4, 0.5) is 5.69 Å². The summed E-state index contributed by atoms with van der Waals surface area (Å²) in [5.41, 5.74) is 5.06. The van der Waals surface area contributed by atoms with Gasteiger partial charge in [-0.05, 0) is 32.0 Å². The number of halogens is 1. The van der Waals surface area contributed by atoms with Gasteiger partial charge in [-0.15, -0.1) is 11.3 Å². The van der Waals surface area contributed by atoms with Crippen LogP contribution in [0.1, 0.15) is 18.9 Å². The molecule has 0 amide bonds. The number of nitrogens with two attached hydrogens (primary N) is 1. The van der Waals surface area contributed by atoms with Gasteiger partial charge in [0.15, 0.2) is 0 Å². The normalized spacial score (nSPS) is 12.6. The first-order chi connectivity index (χ1) is 9.22. The average molecular weight is 332 g/mol. The first-order valence-electron chi connectivity index (χ1n) is 5.71. The highest BCUT2D eigenvalue weighted by atomic mass is 35.5. The van der Waals surface area contributed by atoms with E-state index < -0.39 is 15.6 Å². The Kier molecular flexibility index (Phi) is 4.06. The first-order valence-corrected chi connectivity index (χ1v) is 8.45. The van der Waals surface area contributed by atoms with Crippen molar-refractivity contribution in [1.29, 1.82) is 0 Å². The van der Waals surface area contributed by atoms with Crippen molar-refractivity contribution >= 4 is 38.6 Å². The first kappa shape index (κ1) is 15.2. The monoisotopic (exact) mass is 331 g/mol. The van der Waals surface area contributed by atoms with Gasteiger partial charge in [0.2, 0.25) is 10.0 Å². The van der Waals surface area contributed by atoms with E-state index in [1.807, 2.05) is 0 Å². The van der Waals surface area contributed by atoms with Crippen molar-refractivity contribution in [2.45, 2.75) is 24.3 Å². The van der Waals surface area contributed by atoms with Crippen LogP contribution in [-0.2, 0) is 15.6 Å². The number of nitrogen functional groups attached to an aromatic ring is 1. The van der Waals surface area contributed by atoms with Gasteiger partial charge < -0.3 is 5.73 Å². The highest BCUT2D eigenvalue weighted by Crippen LogP contribution is 2.27. The van der Waals surface area contributed by atoms with Crippen LogP contribution >= 0.6 is 22.9 Å². The zero-order valence-electron chi connectivity index (χ0n) is 10.9. The molecule has 0 bridgehead atoms. The SMILES string of the molecule is CC(C)(NS(=O)(=O)c1ccc(Cl)c(N)c1)c1nccs1. The summed E-state index contributed by atoms with van der Waals surface area (Å²) < 4.78 is 27.4. The predicted molar refractivity (Wildman–Crippen MR) is 81.3 cm³/mol. The smallest absolute Gasteiger partial charge is 0.241 e. The molecule has 8 heteroatoms. The van der Waals surface area contributed by atoms with Crippen LogP contribution in [0.3, 0.4) is 0 Å². The number of benzene rings is 1. The molecule has 0 saturated carbocycles. The van der Waals surface area contributed by atoms with E-state index in [0.29, 0.717) is 10.0 Å². The number of rotatable bonds is 4. The number of nitrogens with zero attached hydrogens (tertiary/aromatic N) is 1. The van der Waals surface area contributed by atoms with Gasteiger partial charge in [0.05, 0.1) is 21.1 Å². The van der Waals surface area contributed by atoms with Gasteiger partial charge in [-0.3, -0.25) is 0 Å². The molecule has 2 rings (SSSR count). The Morgan fingerprint density at radius 2 is 2.10 bits per heavy atom. The zero-order chi connectivity index (χ0) is 15.0. The molecule has 0 aliphatic heterocycles. The summed E-state index contributed by atoms with van der Waals surface area (Å²) in [5, 5.41) is 2.80. The Hall–Kier alpha value is -1.15. The molecular formula is C12H14ClN3O2S2. The summed E-state index contributed by atoms with van der Waals surface area (Å²) in [7, 11) is -3.71. The van der Waals surface area contributed by atoms with Crippen molar-refractivity contribution in [1.82, 2.24) is 9.71 Å². The molecule has 1 aromatic heterocycles. The predicted octanol–water partition coefficient (Wildman–Crippen LogP) is 2.59. The second-order valence-electron chi connectivity index (χ2n) is 4.75. The lowest BCUT2D eigenvalue weighted by molar-refractivity contribution is 0.470. The molecule has 0 aliphatic rings. The van der Waals surface area contributed by atoms with Crippen LogP contribution in [0.15, 0.2) is 34.7 Å². The Morgan fingerprint density at radius 3 is 2.65 bits per heavy atom. The Balaban J connectivity index is 2.34. The summed E-state index contributed by atoms with van der Waals surface area (Å²) >= 11 is 7.18. The molecule has 1 heterocycles. The topological polar surface area (TPSA) is 85.1 Å². The summed E-state index contributed by atoms with van der Waals surface area (Å²) in [4.78, 5) is 4.22. The van der Waals surface area contributed by atoms with Crippen molar-refractivity contribution in [2.75, 3.05) is 5.73 Å². The molecule has 0 unspecified atom stereocenters. The van der Waals surface area contributed by atoms with Crippen molar-refractivity contribution in [2.24, 2.45) is 0 Å². The van der Waals surface area contributed by atoms with Crippen LogP contribution in [0.25, 0.3) is 0 Å². The van der Waals surface area contributed by atoms with Gasteiger partial charge in [0.1, 0.15) is 5.01 Å². The lowest BCUT2D eigenvalue weighted by Gasteiger charge is -2.23. The van der Waals surface area contributed by atoms with Gasteiger partial charge in [0, 0.05) is 11.6 Å². The number of hydrogen-bond acceptors (Lipinski definition) is 5. The quantitative estimate of drug-likeness (QED) is 0.843. The van der Waals surface area contributed by atoms with Crippen molar-refractivity contribution < 1.29 is 8.42 Å². The van der Waals surface area contributed by atoms with E-state index in [4.69, 9.17) is 17.3 Å².